The Morgan fingerprint density at radius 1 is 0.971 bits per heavy atom. The van der Waals surface area contributed by atoms with Crippen LogP contribution in [-0.4, -0.2) is 32.3 Å². The van der Waals surface area contributed by atoms with Crippen molar-refractivity contribution in [2.24, 2.45) is 5.16 Å². The molecular formula is C20H10F9N3O3. The number of alkyl halides is 9. The highest BCUT2D eigenvalue weighted by atomic mass is 19.4. The van der Waals surface area contributed by atoms with Crippen LogP contribution in [0.2, 0.25) is 0 Å². The van der Waals surface area contributed by atoms with Crippen LogP contribution >= 0.6 is 0 Å². The first-order valence-corrected chi connectivity index (χ1v) is 9.36. The second kappa shape index (κ2) is 7.61. The number of carbonyl (C=O) groups is 1. The van der Waals surface area contributed by atoms with Crippen molar-refractivity contribution < 1.29 is 54.3 Å². The lowest BCUT2D eigenvalue weighted by Crippen LogP contribution is -2.43. The van der Waals surface area contributed by atoms with Crippen molar-refractivity contribution >= 4 is 17.3 Å². The first-order valence-electron chi connectivity index (χ1n) is 9.36. The number of pyridine rings is 1. The molecule has 1 atom stereocenters. The number of oxime groups is 1. The lowest BCUT2D eigenvalue weighted by molar-refractivity contribution is -0.276. The van der Waals surface area contributed by atoms with Crippen molar-refractivity contribution in [3.63, 3.8) is 0 Å². The number of carboxylic acids is 1. The summed E-state index contributed by atoms with van der Waals surface area (Å²) in [6.45, 7) is 0. The molecule has 2 aromatic heterocycles. The number of rotatable bonds is 3. The largest absolute Gasteiger partial charge is 0.478 e. The number of benzene rings is 1. The molecule has 4 rings (SSSR count). The molecule has 1 N–H and O–H groups in total. The van der Waals surface area contributed by atoms with E-state index >= 15 is 0 Å². The number of nitrogens with zero attached hydrogens (tertiary/aromatic N) is 3. The van der Waals surface area contributed by atoms with Crippen LogP contribution < -0.4 is 0 Å². The van der Waals surface area contributed by atoms with Gasteiger partial charge in [0.15, 0.2) is 5.65 Å². The number of halogens is 9. The summed E-state index contributed by atoms with van der Waals surface area (Å²) in [5.41, 5.74) is -10.2. The van der Waals surface area contributed by atoms with E-state index in [0.29, 0.717) is 0 Å². The number of aromatic carboxylic acids is 1. The Morgan fingerprint density at radius 3 is 2.09 bits per heavy atom. The summed E-state index contributed by atoms with van der Waals surface area (Å²) in [4.78, 5) is 19.7. The molecule has 0 bridgehead atoms. The van der Waals surface area contributed by atoms with Crippen LogP contribution in [0.1, 0.15) is 39.2 Å². The van der Waals surface area contributed by atoms with Crippen LogP contribution in [0.4, 0.5) is 39.5 Å². The molecular weight excluding hydrogens is 501 g/mol. The van der Waals surface area contributed by atoms with Crippen LogP contribution in [0, 0.1) is 0 Å². The Hall–Kier alpha value is -3.78. The van der Waals surface area contributed by atoms with Gasteiger partial charge in [-0.2, -0.15) is 39.5 Å². The van der Waals surface area contributed by atoms with E-state index < -0.39 is 58.9 Å². The lowest BCUT2D eigenvalue weighted by atomic mass is 9.85. The minimum Gasteiger partial charge on any atom is -0.478 e. The van der Waals surface area contributed by atoms with Gasteiger partial charge in [-0.1, -0.05) is 5.16 Å². The molecule has 0 radical (unpaired) electrons. The maximum absolute atomic E-state index is 14.2. The van der Waals surface area contributed by atoms with Gasteiger partial charge in [0.1, 0.15) is 11.3 Å². The first kappa shape index (κ1) is 24.3. The van der Waals surface area contributed by atoms with Gasteiger partial charge < -0.3 is 9.94 Å². The molecule has 3 heterocycles. The second-order valence-corrected chi connectivity index (χ2v) is 7.48. The SMILES string of the molecule is O=C(O)c1ccc(C2=NOC(c3cc(C(F)(F)F)cc(C(F)(F)F)c3)(C(F)(F)F)C2)n2ccnc12. The minimum absolute atomic E-state index is 0.0679. The van der Waals surface area contributed by atoms with Crippen LogP contribution in [0.3, 0.4) is 0 Å². The van der Waals surface area contributed by atoms with Crippen molar-refractivity contribution in [2.75, 3.05) is 0 Å². The predicted octanol–water partition coefficient (Wildman–Crippen LogP) is 5.65. The highest BCUT2D eigenvalue weighted by Gasteiger charge is 2.63. The smallest absolute Gasteiger partial charge is 0.435 e. The fourth-order valence-electron chi connectivity index (χ4n) is 3.65. The summed E-state index contributed by atoms with van der Waals surface area (Å²) < 4.78 is 123. The fraction of sp³-hybridized carbons (Fsp3) is 0.250. The third kappa shape index (κ3) is 4.04. The Bertz CT molecular complexity index is 1320. The average molecular weight is 511 g/mol. The Balaban J connectivity index is 1.87. The molecule has 0 saturated heterocycles. The Kier molecular flexibility index (Phi) is 5.30. The zero-order chi connectivity index (χ0) is 26.0. The number of aromatic nitrogens is 2. The fourth-order valence-corrected chi connectivity index (χ4v) is 3.65. The molecule has 3 aromatic rings. The molecule has 1 aliphatic rings. The third-order valence-electron chi connectivity index (χ3n) is 5.32. The van der Waals surface area contributed by atoms with Crippen molar-refractivity contribution in [1.29, 1.82) is 0 Å². The van der Waals surface area contributed by atoms with Gasteiger partial charge >= 0.3 is 24.5 Å². The molecule has 0 spiro atoms. The molecule has 0 amide bonds. The monoisotopic (exact) mass is 511 g/mol. The van der Waals surface area contributed by atoms with E-state index in [-0.39, 0.29) is 35.1 Å². The standard InChI is InChI=1S/C20H10F9N3O3/c21-18(22,23)10-5-9(6-11(7-10)19(24,25)26)17(20(27,28)29)8-13(31-35-17)14-2-1-12(16(33)34)15-30-3-4-32(14)15/h1-7H,8H2,(H,33,34). The highest BCUT2D eigenvalue weighted by molar-refractivity contribution is 6.03. The van der Waals surface area contributed by atoms with Gasteiger partial charge in [0, 0.05) is 18.0 Å². The summed E-state index contributed by atoms with van der Waals surface area (Å²) in [5, 5.41) is 12.6. The predicted molar refractivity (Wildman–Crippen MR) is 98.6 cm³/mol. The van der Waals surface area contributed by atoms with Gasteiger partial charge in [0.05, 0.1) is 23.2 Å². The molecule has 15 heteroatoms. The molecule has 1 aliphatic heterocycles. The Labute approximate surface area is 188 Å². The van der Waals surface area contributed by atoms with E-state index in [0.717, 1.165) is 22.7 Å². The van der Waals surface area contributed by atoms with Crippen molar-refractivity contribution in [1.82, 2.24) is 9.38 Å². The number of imidazole rings is 1. The first-order chi connectivity index (χ1) is 16.0. The second-order valence-electron chi connectivity index (χ2n) is 7.48. The summed E-state index contributed by atoms with van der Waals surface area (Å²) in [7, 11) is 0. The summed E-state index contributed by atoms with van der Waals surface area (Å²) in [6.07, 6.45) is -15.2. The zero-order valence-electron chi connectivity index (χ0n) is 16.8. The van der Waals surface area contributed by atoms with Crippen molar-refractivity contribution in [3.8, 4) is 0 Å². The molecule has 6 nitrogen and oxygen atoms in total. The number of hydrogen-bond donors (Lipinski definition) is 1. The summed E-state index contributed by atoms with van der Waals surface area (Å²) in [6, 6.07) is 1.65. The van der Waals surface area contributed by atoms with Crippen LogP contribution in [0.5, 0.6) is 0 Å². The van der Waals surface area contributed by atoms with Gasteiger partial charge in [-0.15, -0.1) is 0 Å². The lowest BCUT2D eigenvalue weighted by Gasteiger charge is -2.30. The van der Waals surface area contributed by atoms with Gasteiger partial charge in [-0.3, -0.25) is 4.40 Å². The van der Waals surface area contributed by atoms with E-state index in [4.69, 9.17) is 0 Å². The normalized spacial score (nSPS) is 19.1. The quantitative estimate of drug-likeness (QED) is 0.461. The van der Waals surface area contributed by atoms with Gasteiger partial charge in [-0.25, -0.2) is 9.78 Å². The van der Waals surface area contributed by atoms with E-state index in [1.807, 2.05) is 0 Å². The van der Waals surface area contributed by atoms with Gasteiger partial charge in [0.25, 0.3) is 5.60 Å². The molecule has 0 aliphatic carbocycles. The number of hydrogen-bond acceptors (Lipinski definition) is 4. The highest BCUT2D eigenvalue weighted by Crippen LogP contribution is 2.50. The van der Waals surface area contributed by atoms with Gasteiger partial charge in [0.2, 0.25) is 0 Å². The minimum atomic E-state index is -5.50. The van der Waals surface area contributed by atoms with E-state index in [2.05, 4.69) is 15.0 Å². The van der Waals surface area contributed by atoms with E-state index in [1.54, 1.807) is 0 Å². The van der Waals surface area contributed by atoms with Crippen LogP contribution in [0.15, 0.2) is 47.9 Å². The zero-order valence-corrected chi connectivity index (χ0v) is 16.8. The average Bonchev–Trinajstić information content (AvgIpc) is 3.39. The number of carboxylic acid groups (broad SMARTS) is 1. The van der Waals surface area contributed by atoms with Crippen LogP contribution in [0.25, 0.3) is 5.65 Å². The van der Waals surface area contributed by atoms with Crippen molar-refractivity contribution in [3.05, 3.63) is 70.7 Å². The van der Waals surface area contributed by atoms with Crippen molar-refractivity contribution in [2.45, 2.75) is 30.6 Å². The molecule has 186 valence electrons. The molecule has 0 fully saturated rings. The van der Waals surface area contributed by atoms with E-state index in [9.17, 15) is 49.4 Å². The summed E-state index contributed by atoms with van der Waals surface area (Å²) >= 11 is 0. The van der Waals surface area contributed by atoms with Gasteiger partial charge in [-0.05, 0) is 30.3 Å². The molecule has 1 unspecified atom stereocenters. The molecule has 1 aromatic carbocycles. The maximum atomic E-state index is 14.2. The third-order valence-corrected chi connectivity index (χ3v) is 5.32. The van der Waals surface area contributed by atoms with E-state index in [1.165, 1.54) is 6.20 Å². The van der Waals surface area contributed by atoms with Crippen LogP contribution in [-0.2, 0) is 22.8 Å². The number of fused-ring (bicyclic) bond motifs is 1. The molecule has 0 saturated carbocycles. The summed E-state index contributed by atoms with van der Waals surface area (Å²) in [5.74, 6) is -1.40. The Morgan fingerprint density at radius 2 is 1.57 bits per heavy atom. The molecule has 35 heavy (non-hydrogen) atoms. The topological polar surface area (TPSA) is 76.2 Å². The maximum Gasteiger partial charge on any atom is 0.435 e.